The van der Waals surface area contributed by atoms with Crippen LogP contribution in [0.4, 0.5) is 0 Å². The lowest BCUT2D eigenvalue weighted by molar-refractivity contribution is -0.132. The number of carbonyl (C=O) groups excluding carboxylic acids is 1. The van der Waals surface area contributed by atoms with Crippen molar-refractivity contribution in [3.05, 3.63) is 46.6 Å². The smallest absolute Gasteiger partial charge is 0.222 e. The molecule has 0 atom stereocenters. The molecule has 1 amide bonds. The normalized spacial score (nSPS) is 16.4. The van der Waals surface area contributed by atoms with Crippen molar-refractivity contribution in [2.45, 2.75) is 99.3 Å². The number of amides is 1. The van der Waals surface area contributed by atoms with Crippen LogP contribution in [0.1, 0.15) is 99.3 Å². The van der Waals surface area contributed by atoms with Crippen LogP contribution in [0.2, 0.25) is 0 Å². The molecular formula is C29H50N2O. The zero-order chi connectivity index (χ0) is 23.8. The van der Waals surface area contributed by atoms with Crippen molar-refractivity contribution in [2.75, 3.05) is 32.7 Å². The Morgan fingerprint density at radius 2 is 1.09 bits per heavy atom. The quantitative estimate of drug-likeness (QED) is 0.261. The van der Waals surface area contributed by atoms with E-state index in [1.54, 1.807) is 0 Å². The van der Waals surface area contributed by atoms with E-state index in [1.165, 1.54) is 35.1 Å². The first-order valence-electron chi connectivity index (χ1n) is 12.9. The summed E-state index contributed by atoms with van der Waals surface area (Å²) in [6.07, 6.45) is 18.9. The van der Waals surface area contributed by atoms with Crippen molar-refractivity contribution in [3.8, 4) is 0 Å². The molecule has 0 aromatic heterocycles. The highest BCUT2D eigenvalue weighted by atomic mass is 16.2. The van der Waals surface area contributed by atoms with E-state index in [9.17, 15) is 4.79 Å². The molecule has 1 aliphatic heterocycles. The van der Waals surface area contributed by atoms with Gasteiger partial charge in [-0.25, -0.2) is 0 Å². The van der Waals surface area contributed by atoms with E-state index >= 15 is 0 Å². The Kier molecular flexibility index (Phi) is 15.1. The van der Waals surface area contributed by atoms with E-state index in [1.807, 2.05) is 0 Å². The van der Waals surface area contributed by atoms with Crippen LogP contribution in [-0.4, -0.2) is 48.4 Å². The predicted octanol–water partition coefficient (Wildman–Crippen LogP) is 7.47. The molecule has 0 N–H and O–H groups in total. The molecule has 1 fully saturated rings. The van der Waals surface area contributed by atoms with Gasteiger partial charge in [0.05, 0.1) is 0 Å². The Morgan fingerprint density at radius 3 is 1.53 bits per heavy atom. The zero-order valence-corrected chi connectivity index (χ0v) is 22.0. The van der Waals surface area contributed by atoms with Crippen molar-refractivity contribution in [1.82, 2.24) is 9.80 Å². The topological polar surface area (TPSA) is 23.6 Å². The number of hydrogen-bond donors (Lipinski definition) is 0. The molecule has 32 heavy (non-hydrogen) atoms. The highest BCUT2D eigenvalue weighted by Gasteiger charge is 2.19. The van der Waals surface area contributed by atoms with Crippen molar-refractivity contribution >= 4 is 5.91 Å². The van der Waals surface area contributed by atoms with Gasteiger partial charge in [-0.2, -0.15) is 0 Å². The minimum absolute atomic E-state index is 0.324. The van der Waals surface area contributed by atoms with Gasteiger partial charge >= 0.3 is 0 Å². The third kappa shape index (κ3) is 13.7. The summed E-state index contributed by atoms with van der Waals surface area (Å²) in [5, 5.41) is 0. The standard InChI is InChI=1S/C29H50N2O/c1-7-20-30-21-23-31(24-22-30)29(32)19-11-18-28(6)17-10-16-27(5)15-9-14-26(4)13-8-12-25(2)3/h12,14,16,18H,7-11,13,15,17,19-24H2,1-6H3/b26-14+,27-16+,28-18+. The third-order valence-corrected chi connectivity index (χ3v) is 6.27. The molecule has 0 spiro atoms. The Morgan fingerprint density at radius 1 is 0.656 bits per heavy atom. The van der Waals surface area contributed by atoms with Gasteiger partial charge in [-0.05, 0) is 92.5 Å². The van der Waals surface area contributed by atoms with Gasteiger partial charge < -0.3 is 4.90 Å². The maximum Gasteiger partial charge on any atom is 0.222 e. The summed E-state index contributed by atoms with van der Waals surface area (Å²) in [6, 6.07) is 0. The molecule has 0 aromatic carbocycles. The van der Waals surface area contributed by atoms with Crippen molar-refractivity contribution < 1.29 is 4.79 Å². The largest absolute Gasteiger partial charge is 0.340 e. The molecule has 0 bridgehead atoms. The molecule has 3 heteroatoms. The number of rotatable bonds is 14. The maximum absolute atomic E-state index is 12.4. The second-order valence-electron chi connectivity index (χ2n) is 9.81. The van der Waals surface area contributed by atoms with Crippen LogP contribution in [0, 0.1) is 0 Å². The molecule has 3 nitrogen and oxygen atoms in total. The maximum atomic E-state index is 12.4. The van der Waals surface area contributed by atoms with Crippen molar-refractivity contribution in [1.29, 1.82) is 0 Å². The molecular weight excluding hydrogens is 392 g/mol. The Bertz CT molecular complexity index is 657. The van der Waals surface area contributed by atoms with Crippen molar-refractivity contribution in [2.24, 2.45) is 0 Å². The molecule has 1 saturated heterocycles. The average Bonchev–Trinajstić information content (AvgIpc) is 2.74. The fourth-order valence-electron chi connectivity index (χ4n) is 4.12. The SMILES string of the molecule is CCCN1CCN(C(=O)CC/C=C(\C)CC/C=C(\C)CC/C=C(\C)CCC=C(C)C)CC1. The summed E-state index contributed by atoms with van der Waals surface area (Å²) in [5.41, 5.74) is 5.81. The summed E-state index contributed by atoms with van der Waals surface area (Å²) >= 11 is 0. The van der Waals surface area contributed by atoms with Crippen LogP contribution in [0.3, 0.4) is 0 Å². The first kappa shape index (κ1) is 28.4. The monoisotopic (exact) mass is 442 g/mol. The lowest BCUT2D eigenvalue weighted by atomic mass is 10.0. The second-order valence-corrected chi connectivity index (χ2v) is 9.81. The number of allylic oxidation sites excluding steroid dienone is 8. The van der Waals surface area contributed by atoms with Crippen LogP contribution >= 0.6 is 0 Å². The van der Waals surface area contributed by atoms with E-state index in [0.717, 1.165) is 71.2 Å². The molecule has 1 rings (SSSR count). The zero-order valence-electron chi connectivity index (χ0n) is 22.0. The summed E-state index contributed by atoms with van der Waals surface area (Å²) in [4.78, 5) is 17.0. The van der Waals surface area contributed by atoms with Gasteiger partial charge in [0, 0.05) is 32.6 Å². The number of carbonyl (C=O) groups is 1. The van der Waals surface area contributed by atoms with Gasteiger partial charge in [0.1, 0.15) is 0 Å². The predicted molar refractivity (Wildman–Crippen MR) is 141 cm³/mol. The van der Waals surface area contributed by atoms with Gasteiger partial charge in [-0.1, -0.05) is 53.5 Å². The fraction of sp³-hybridized carbons (Fsp3) is 0.690. The first-order chi connectivity index (χ1) is 15.3. The van der Waals surface area contributed by atoms with E-state index in [2.05, 4.69) is 75.6 Å². The van der Waals surface area contributed by atoms with Gasteiger partial charge in [0.2, 0.25) is 5.91 Å². The van der Waals surface area contributed by atoms with E-state index in [0.29, 0.717) is 12.3 Å². The first-order valence-corrected chi connectivity index (χ1v) is 12.9. The van der Waals surface area contributed by atoms with Gasteiger partial charge in [0.15, 0.2) is 0 Å². The Hall–Kier alpha value is -1.61. The van der Waals surface area contributed by atoms with Crippen LogP contribution in [-0.2, 0) is 4.79 Å². The summed E-state index contributed by atoms with van der Waals surface area (Å²) in [6.45, 7) is 18.3. The van der Waals surface area contributed by atoms with Crippen LogP contribution < -0.4 is 0 Å². The van der Waals surface area contributed by atoms with Crippen LogP contribution in [0.15, 0.2) is 46.6 Å². The molecule has 1 aliphatic rings. The molecule has 0 aliphatic carbocycles. The highest BCUT2D eigenvalue weighted by molar-refractivity contribution is 5.76. The second kappa shape index (κ2) is 16.9. The fourth-order valence-corrected chi connectivity index (χ4v) is 4.12. The summed E-state index contributed by atoms with van der Waals surface area (Å²) < 4.78 is 0. The molecule has 0 unspecified atom stereocenters. The molecule has 1 heterocycles. The van der Waals surface area contributed by atoms with Crippen LogP contribution in [0.5, 0.6) is 0 Å². The average molecular weight is 443 g/mol. The summed E-state index contributed by atoms with van der Waals surface area (Å²) in [7, 11) is 0. The molecule has 0 aromatic rings. The lowest BCUT2D eigenvalue weighted by Gasteiger charge is -2.34. The van der Waals surface area contributed by atoms with E-state index in [4.69, 9.17) is 0 Å². The van der Waals surface area contributed by atoms with E-state index < -0.39 is 0 Å². The number of piperazine rings is 1. The number of hydrogen-bond acceptors (Lipinski definition) is 2. The minimum Gasteiger partial charge on any atom is -0.340 e. The molecule has 182 valence electrons. The Labute approximate surface area is 199 Å². The minimum atomic E-state index is 0.324. The third-order valence-electron chi connectivity index (χ3n) is 6.27. The van der Waals surface area contributed by atoms with Gasteiger partial charge in [-0.15, -0.1) is 0 Å². The molecule has 0 radical (unpaired) electrons. The van der Waals surface area contributed by atoms with E-state index in [-0.39, 0.29) is 0 Å². The van der Waals surface area contributed by atoms with Gasteiger partial charge in [-0.3, -0.25) is 9.69 Å². The lowest BCUT2D eigenvalue weighted by Crippen LogP contribution is -2.48. The van der Waals surface area contributed by atoms with Gasteiger partial charge in [0.25, 0.3) is 0 Å². The van der Waals surface area contributed by atoms with Crippen LogP contribution in [0.25, 0.3) is 0 Å². The number of nitrogens with zero attached hydrogens (tertiary/aromatic N) is 2. The van der Waals surface area contributed by atoms with Crippen molar-refractivity contribution in [3.63, 3.8) is 0 Å². The molecule has 0 saturated carbocycles. The summed E-state index contributed by atoms with van der Waals surface area (Å²) in [5.74, 6) is 0.324. The Balaban J connectivity index is 2.20. The highest BCUT2D eigenvalue weighted by Crippen LogP contribution is 2.14.